The van der Waals surface area contributed by atoms with Crippen LogP contribution in [0.1, 0.15) is 40.5 Å². The standard InChI is InChI=1S/C11H22N2O/c1-7(2)8(3)13-11(14)9(4)12-10-5-6-10/h7-10,12H,5-6H2,1-4H3,(H,13,14)/t8-,9?/m0/s1. The Balaban J connectivity index is 2.24. The molecule has 3 nitrogen and oxygen atoms in total. The molecule has 1 aliphatic rings. The van der Waals surface area contributed by atoms with E-state index in [1.165, 1.54) is 12.8 Å². The Bertz CT molecular complexity index is 199. The fourth-order valence-corrected chi connectivity index (χ4v) is 1.20. The lowest BCUT2D eigenvalue weighted by Crippen LogP contribution is -2.47. The molecule has 2 N–H and O–H groups in total. The lowest BCUT2D eigenvalue weighted by Gasteiger charge is -2.20. The first-order chi connectivity index (χ1) is 6.50. The molecule has 0 heterocycles. The molecule has 1 unspecified atom stereocenters. The van der Waals surface area contributed by atoms with Crippen LogP contribution in [0, 0.1) is 5.92 Å². The van der Waals surface area contributed by atoms with Crippen molar-refractivity contribution in [3.63, 3.8) is 0 Å². The highest BCUT2D eigenvalue weighted by Gasteiger charge is 2.26. The summed E-state index contributed by atoms with van der Waals surface area (Å²) in [6, 6.07) is 0.791. The van der Waals surface area contributed by atoms with Crippen LogP contribution in [-0.4, -0.2) is 24.0 Å². The fraction of sp³-hybridized carbons (Fsp3) is 0.909. The molecule has 0 spiro atoms. The Kier molecular flexibility index (Phi) is 3.93. The summed E-state index contributed by atoms with van der Waals surface area (Å²) in [4.78, 5) is 11.6. The zero-order chi connectivity index (χ0) is 10.7. The minimum atomic E-state index is -0.0521. The molecule has 0 aliphatic heterocycles. The summed E-state index contributed by atoms with van der Waals surface area (Å²) in [5.74, 6) is 0.616. The number of rotatable bonds is 5. The van der Waals surface area contributed by atoms with Gasteiger partial charge in [0.15, 0.2) is 0 Å². The van der Waals surface area contributed by atoms with Crippen LogP contribution in [0.15, 0.2) is 0 Å². The van der Waals surface area contributed by atoms with Crippen LogP contribution in [0.3, 0.4) is 0 Å². The zero-order valence-electron chi connectivity index (χ0n) is 9.63. The Morgan fingerprint density at radius 2 is 1.79 bits per heavy atom. The number of hydrogen-bond acceptors (Lipinski definition) is 2. The molecular weight excluding hydrogens is 176 g/mol. The Morgan fingerprint density at radius 3 is 2.21 bits per heavy atom. The maximum atomic E-state index is 11.6. The predicted molar refractivity (Wildman–Crippen MR) is 58.1 cm³/mol. The van der Waals surface area contributed by atoms with Crippen molar-refractivity contribution in [1.29, 1.82) is 0 Å². The topological polar surface area (TPSA) is 41.1 Å². The zero-order valence-corrected chi connectivity index (χ0v) is 9.63. The van der Waals surface area contributed by atoms with Crippen molar-refractivity contribution < 1.29 is 4.79 Å². The van der Waals surface area contributed by atoms with Gasteiger partial charge in [-0.25, -0.2) is 0 Å². The molecule has 0 bridgehead atoms. The van der Waals surface area contributed by atoms with Crippen LogP contribution in [-0.2, 0) is 4.79 Å². The van der Waals surface area contributed by atoms with E-state index < -0.39 is 0 Å². The van der Waals surface area contributed by atoms with Gasteiger partial charge in [-0.15, -0.1) is 0 Å². The van der Waals surface area contributed by atoms with E-state index in [-0.39, 0.29) is 18.0 Å². The molecule has 1 rings (SSSR count). The van der Waals surface area contributed by atoms with Gasteiger partial charge in [0.1, 0.15) is 0 Å². The molecule has 0 saturated heterocycles. The fourth-order valence-electron chi connectivity index (χ4n) is 1.20. The monoisotopic (exact) mass is 198 g/mol. The first-order valence-corrected chi connectivity index (χ1v) is 5.57. The molecule has 2 atom stereocenters. The van der Waals surface area contributed by atoms with Gasteiger partial charge < -0.3 is 10.6 Å². The average molecular weight is 198 g/mol. The highest BCUT2D eigenvalue weighted by Crippen LogP contribution is 2.19. The van der Waals surface area contributed by atoms with Gasteiger partial charge in [-0.05, 0) is 32.6 Å². The average Bonchev–Trinajstić information content (AvgIpc) is 2.87. The summed E-state index contributed by atoms with van der Waals surface area (Å²) in [5.41, 5.74) is 0. The maximum Gasteiger partial charge on any atom is 0.237 e. The highest BCUT2D eigenvalue weighted by atomic mass is 16.2. The summed E-state index contributed by atoms with van der Waals surface area (Å²) in [5, 5.41) is 6.30. The van der Waals surface area contributed by atoms with E-state index in [0.717, 1.165) is 0 Å². The molecule has 14 heavy (non-hydrogen) atoms. The largest absolute Gasteiger partial charge is 0.352 e. The molecule has 1 aliphatic carbocycles. The second-order valence-corrected chi connectivity index (χ2v) is 4.70. The molecule has 0 radical (unpaired) electrons. The lowest BCUT2D eigenvalue weighted by atomic mass is 10.1. The molecule has 1 saturated carbocycles. The smallest absolute Gasteiger partial charge is 0.237 e. The number of hydrogen-bond donors (Lipinski definition) is 2. The third kappa shape index (κ3) is 3.66. The SMILES string of the molecule is CC(NC1CC1)C(=O)N[C@@H](C)C(C)C. The Hall–Kier alpha value is -0.570. The summed E-state index contributed by atoms with van der Waals surface area (Å²) >= 11 is 0. The summed E-state index contributed by atoms with van der Waals surface area (Å²) in [6.07, 6.45) is 2.44. The molecule has 82 valence electrons. The molecule has 1 fully saturated rings. The van der Waals surface area contributed by atoms with Crippen LogP contribution in [0.2, 0.25) is 0 Å². The van der Waals surface area contributed by atoms with Crippen molar-refractivity contribution in [2.75, 3.05) is 0 Å². The van der Waals surface area contributed by atoms with Crippen LogP contribution in [0.4, 0.5) is 0 Å². The number of nitrogens with one attached hydrogen (secondary N) is 2. The maximum absolute atomic E-state index is 11.6. The normalized spacial score (nSPS) is 20.6. The third-order valence-electron chi connectivity index (χ3n) is 2.83. The van der Waals surface area contributed by atoms with Crippen LogP contribution in [0.5, 0.6) is 0 Å². The van der Waals surface area contributed by atoms with Gasteiger partial charge in [0, 0.05) is 12.1 Å². The van der Waals surface area contributed by atoms with Crippen molar-refractivity contribution in [2.24, 2.45) is 5.92 Å². The number of carbonyl (C=O) groups is 1. The van der Waals surface area contributed by atoms with E-state index in [1.54, 1.807) is 0 Å². The molecule has 3 heteroatoms. The van der Waals surface area contributed by atoms with Crippen LogP contribution >= 0.6 is 0 Å². The second kappa shape index (κ2) is 4.78. The van der Waals surface area contributed by atoms with E-state index in [1.807, 2.05) is 13.8 Å². The number of amides is 1. The molecule has 1 amide bonds. The van der Waals surface area contributed by atoms with Crippen LogP contribution < -0.4 is 10.6 Å². The lowest BCUT2D eigenvalue weighted by molar-refractivity contribution is -0.123. The minimum Gasteiger partial charge on any atom is -0.352 e. The van der Waals surface area contributed by atoms with Gasteiger partial charge in [-0.3, -0.25) is 4.79 Å². The van der Waals surface area contributed by atoms with Gasteiger partial charge in [0.2, 0.25) is 5.91 Å². The molecule has 0 aromatic carbocycles. The van der Waals surface area contributed by atoms with E-state index in [0.29, 0.717) is 12.0 Å². The van der Waals surface area contributed by atoms with E-state index in [2.05, 4.69) is 24.5 Å². The molecule has 0 aromatic heterocycles. The summed E-state index contributed by atoms with van der Waals surface area (Å²) in [7, 11) is 0. The minimum absolute atomic E-state index is 0.0521. The molecular formula is C11H22N2O. The van der Waals surface area contributed by atoms with Crippen molar-refractivity contribution in [3.05, 3.63) is 0 Å². The molecule has 0 aromatic rings. The Morgan fingerprint density at radius 1 is 1.21 bits per heavy atom. The van der Waals surface area contributed by atoms with Gasteiger partial charge in [-0.1, -0.05) is 13.8 Å². The van der Waals surface area contributed by atoms with Crippen molar-refractivity contribution in [3.8, 4) is 0 Å². The van der Waals surface area contributed by atoms with E-state index in [4.69, 9.17) is 0 Å². The summed E-state index contributed by atoms with van der Waals surface area (Å²) < 4.78 is 0. The first kappa shape index (κ1) is 11.5. The first-order valence-electron chi connectivity index (χ1n) is 5.57. The van der Waals surface area contributed by atoms with Gasteiger partial charge >= 0.3 is 0 Å². The van der Waals surface area contributed by atoms with Gasteiger partial charge in [0.05, 0.1) is 6.04 Å². The van der Waals surface area contributed by atoms with Crippen molar-refractivity contribution >= 4 is 5.91 Å². The highest BCUT2D eigenvalue weighted by molar-refractivity contribution is 5.81. The number of carbonyl (C=O) groups excluding carboxylic acids is 1. The quantitative estimate of drug-likeness (QED) is 0.699. The Labute approximate surface area is 86.6 Å². The third-order valence-corrected chi connectivity index (χ3v) is 2.83. The van der Waals surface area contributed by atoms with Crippen molar-refractivity contribution in [2.45, 2.75) is 58.7 Å². The van der Waals surface area contributed by atoms with Crippen LogP contribution in [0.25, 0.3) is 0 Å². The van der Waals surface area contributed by atoms with Gasteiger partial charge in [0.25, 0.3) is 0 Å². The van der Waals surface area contributed by atoms with Crippen molar-refractivity contribution in [1.82, 2.24) is 10.6 Å². The van der Waals surface area contributed by atoms with E-state index in [9.17, 15) is 4.79 Å². The van der Waals surface area contributed by atoms with Gasteiger partial charge in [-0.2, -0.15) is 0 Å². The summed E-state index contributed by atoms with van der Waals surface area (Å²) in [6.45, 7) is 8.21. The second-order valence-electron chi connectivity index (χ2n) is 4.70. The predicted octanol–water partition coefficient (Wildman–Crippen LogP) is 1.29. The van der Waals surface area contributed by atoms with E-state index >= 15 is 0 Å².